The highest BCUT2D eigenvalue weighted by Crippen LogP contribution is 2.22. The maximum atomic E-state index is 13.6. The lowest BCUT2D eigenvalue weighted by molar-refractivity contribution is -0.127. The average molecular weight is 440 g/mol. The summed E-state index contributed by atoms with van der Waals surface area (Å²) in [5.74, 6) is -0.280. The molecule has 1 aromatic heterocycles. The van der Waals surface area contributed by atoms with E-state index in [9.17, 15) is 9.59 Å². The van der Waals surface area contributed by atoms with Crippen LogP contribution in [0.25, 0.3) is 10.9 Å². The second-order valence-electron chi connectivity index (χ2n) is 8.18. The molecule has 2 N–H and O–H groups in total. The van der Waals surface area contributed by atoms with Gasteiger partial charge in [0.15, 0.2) is 0 Å². The fraction of sp³-hybridized carbons (Fsp3) is 0.214. The molecule has 1 heterocycles. The zero-order valence-corrected chi connectivity index (χ0v) is 19.0. The summed E-state index contributed by atoms with van der Waals surface area (Å²) in [7, 11) is 0. The summed E-state index contributed by atoms with van der Waals surface area (Å²) in [6.45, 7) is 4.44. The van der Waals surface area contributed by atoms with Crippen molar-refractivity contribution >= 4 is 28.4 Å². The molecule has 5 nitrogen and oxygen atoms in total. The zero-order valence-electron chi connectivity index (χ0n) is 19.0. The Hall–Kier alpha value is -3.86. The first-order chi connectivity index (χ1) is 16.1. The topological polar surface area (TPSA) is 65.2 Å². The van der Waals surface area contributed by atoms with Gasteiger partial charge in [-0.15, -0.1) is 0 Å². The molecule has 0 fully saturated rings. The van der Waals surface area contributed by atoms with Crippen molar-refractivity contribution in [3.8, 4) is 0 Å². The minimum atomic E-state index is -0.662. The number of aryl methyl sites for hydroxylation is 1. The molecule has 0 saturated carbocycles. The Kier molecular flexibility index (Phi) is 6.89. The van der Waals surface area contributed by atoms with Crippen molar-refractivity contribution < 1.29 is 9.59 Å². The predicted octanol–water partition coefficient (Wildman–Crippen LogP) is 4.80. The summed E-state index contributed by atoms with van der Waals surface area (Å²) in [5, 5.41) is 4.07. The van der Waals surface area contributed by atoms with Crippen LogP contribution in [0, 0.1) is 6.92 Å². The molecule has 0 unspecified atom stereocenters. The lowest BCUT2D eigenvalue weighted by Gasteiger charge is -2.27. The van der Waals surface area contributed by atoms with Crippen molar-refractivity contribution in [3.63, 3.8) is 0 Å². The van der Waals surface area contributed by atoms with Gasteiger partial charge in [0.25, 0.3) is 0 Å². The van der Waals surface area contributed by atoms with Crippen molar-refractivity contribution in [3.05, 3.63) is 102 Å². The first-order valence-electron chi connectivity index (χ1n) is 11.3. The van der Waals surface area contributed by atoms with Crippen molar-refractivity contribution in [1.82, 2.24) is 10.3 Å². The van der Waals surface area contributed by atoms with Gasteiger partial charge in [-0.3, -0.25) is 9.59 Å². The number of hydrogen-bond donors (Lipinski definition) is 2. The van der Waals surface area contributed by atoms with Gasteiger partial charge in [0, 0.05) is 35.2 Å². The number of anilines is 1. The van der Waals surface area contributed by atoms with Crippen LogP contribution in [0.15, 0.2) is 84.9 Å². The van der Waals surface area contributed by atoms with Crippen LogP contribution in [0.5, 0.6) is 0 Å². The fourth-order valence-corrected chi connectivity index (χ4v) is 4.28. The number of para-hydroxylation sites is 2. The molecule has 4 aromatic rings. The van der Waals surface area contributed by atoms with E-state index in [2.05, 4.69) is 10.3 Å². The average Bonchev–Trinajstić information content (AvgIpc) is 3.15. The Morgan fingerprint density at radius 1 is 0.909 bits per heavy atom. The van der Waals surface area contributed by atoms with E-state index in [0.717, 1.165) is 33.4 Å². The maximum absolute atomic E-state index is 13.6. The molecule has 2 amide bonds. The molecule has 0 radical (unpaired) electrons. The minimum absolute atomic E-state index is 0.114. The SMILES string of the molecule is CCN(C(=O)[C@H](Cc1ccccc1)NC(=O)Cc1c(C)[nH]c2ccccc12)c1ccccc1. The molecule has 0 aliphatic rings. The van der Waals surface area contributed by atoms with Gasteiger partial charge in [0.05, 0.1) is 6.42 Å². The molecule has 33 heavy (non-hydrogen) atoms. The van der Waals surface area contributed by atoms with Crippen molar-refractivity contribution in [1.29, 1.82) is 0 Å². The number of carbonyl (C=O) groups is 2. The molecule has 0 aliphatic heterocycles. The Labute approximate surface area is 194 Å². The number of amides is 2. The second kappa shape index (κ2) is 10.2. The van der Waals surface area contributed by atoms with Gasteiger partial charge in [-0.1, -0.05) is 66.7 Å². The van der Waals surface area contributed by atoms with Crippen LogP contribution in [-0.2, 0) is 22.4 Å². The van der Waals surface area contributed by atoms with Gasteiger partial charge in [0.2, 0.25) is 11.8 Å². The van der Waals surface area contributed by atoms with Crippen LogP contribution in [0.2, 0.25) is 0 Å². The third-order valence-electron chi connectivity index (χ3n) is 5.93. The predicted molar refractivity (Wildman–Crippen MR) is 133 cm³/mol. The third-order valence-corrected chi connectivity index (χ3v) is 5.93. The molecule has 168 valence electrons. The van der Waals surface area contributed by atoms with Crippen LogP contribution >= 0.6 is 0 Å². The second-order valence-corrected chi connectivity index (χ2v) is 8.18. The minimum Gasteiger partial charge on any atom is -0.358 e. The maximum Gasteiger partial charge on any atom is 0.249 e. The molecule has 5 heteroatoms. The quantitative estimate of drug-likeness (QED) is 0.414. The normalized spacial score (nSPS) is 11.8. The van der Waals surface area contributed by atoms with Gasteiger partial charge in [-0.25, -0.2) is 0 Å². The number of likely N-dealkylation sites (N-methyl/N-ethyl adjacent to an activating group) is 1. The van der Waals surface area contributed by atoms with E-state index in [0.29, 0.717) is 13.0 Å². The van der Waals surface area contributed by atoms with Crippen LogP contribution < -0.4 is 10.2 Å². The molecule has 0 bridgehead atoms. The largest absolute Gasteiger partial charge is 0.358 e. The van der Waals surface area contributed by atoms with E-state index >= 15 is 0 Å². The highest BCUT2D eigenvalue weighted by atomic mass is 16.2. The van der Waals surface area contributed by atoms with Gasteiger partial charge in [-0.2, -0.15) is 0 Å². The van der Waals surface area contributed by atoms with E-state index in [1.165, 1.54) is 0 Å². The zero-order chi connectivity index (χ0) is 23.2. The van der Waals surface area contributed by atoms with E-state index in [4.69, 9.17) is 0 Å². The molecule has 0 spiro atoms. The lowest BCUT2D eigenvalue weighted by Crippen LogP contribution is -2.50. The standard InChI is InChI=1S/C28H29N3O2/c1-3-31(22-14-8-5-9-15-22)28(33)26(18-21-12-6-4-7-13-21)30-27(32)19-24-20(2)29-25-17-11-10-16-23(24)25/h4-17,26,29H,3,18-19H2,1-2H3,(H,30,32)/t26-/m0/s1. The van der Waals surface area contributed by atoms with E-state index in [1.54, 1.807) is 4.90 Å². The number of H-pyrrole nitrogens is 1. The van der Waals surface area contributed by atoms with Gasteiger partial charge in [0.1, 0.15) is 6.04 Å². The molecule has 4 rings (SSSR count). The number of rotatable bonds is 8. The molecular weight excluding hydrogens is 410 g/mol. The number of aromatic amines is 1. The Balaban J connectivity index is 1.58. The third kappa shape index (κ3) is 5.14. The van der Waals surface area contributed by atoms with Crippen molar-refractivity contribution in [2.45, 2.75) is 32.7 Å². The molecule has 3 aromatic carbocycles. The summed E-state index contributed by atoms with van der Waals surface area (Å²) < 4.78 is 0. The van der Waals surface area contributed by atoms with Gasteiger partial charge in [-0.05, 0) is 43.2 Å². The van der Waals surface area contributed by atoms with Gasteiger partial charge < -0.3 is 15.2 Å². The summed E-state index contributed by atoms with van der Waals surface area (Å²) >= 11 is 0. The highest BCUT2D eigenvalue weighted by Gasteiger charge is 2.27. The van der Waals surface area contributed by atoms with Crippen LogP contribution in [-0.4, -0.2) is 29.4 Å². The van der Waals surface area contributed by atoms with E-state index in [1.807, 2.05) is 98.8 Å². The highest BCUT2D eigenvalue weighted by molar-refractivity contribution is 6.00. The number of nitrogens with zero attached hydrogens (tertiary/aromatic N) is 1. The monoisotopic (exact) mass is 439 g/mol. The lowest BCUT2D eigenvalue weighted by atomic mass is 10.0. The Morgan fingerprint density at radius 3 is 2.24 bits per heavy atom. The summed E-state index contributed by atoms with van der Waals surface area (Å²) in [4.78, 5) is 31.8. The number of nitrogens with one attached hydrogen (secondary N) is 2. The number of aromatic nitrogens is 1. The first-order valence-corrected chi connectivity index (χ1v) is 11.3. The Morgan fingerprint density at radius 2 is 1.55 bits per heavy atom. The number of hydrogen-bond acceptors (Lipinski definition) is 2. The van der Waals surface area contributed by atoms with E-state index < -0.39 is 6.04 Å². The van der Waals surface area contributed by atoms with Crippen LogP contribution in [0.3, 0.4) is 0 Å². The van der Waals surface area contributed by atoms with Crippen LogP contribution in [0.4, 0.5) is 5.69 Å². The number of fused-ring (bicyclic) bond motifs is 1. The molecule has 0 aliphatic carbocycles. The Bertz CT molecular complexity index is 1230. The number of benzene rings is 3. The summed E-state index contributed by atoms with van der Waals surface area (Å²) in [6.07, 6.45) is 0.646. The number of carbonyl (C=O) groups excluding carboxylic acids is 2. The smallest absolute Gasteiger partial charge is 0.249 e. The van der Waals surface area contributed by atoms with Gasteiger partial charge >= 0.3 is 0 Å². The summed E-state index contributed by atoms with van der Waals surface area (Å²) in [5.41, 5.74) is 4.77. The molecule has 1 atom stereocenters. The molecular formula is C28H29N3O2. The van der Waals surface area contributed by atoms with Crippen molar-refractivity contribution in [2.24, 2.45) is 0 Å². The first kappa shape index (κ1) is 22.3. The molecule has 0 saturated heterocycles. The van der Waals surface area contributed by atoms with Crippen LogP contribution in [0.1, 0.15) is 23.7 Å². The van der Waals surface area contributed by atoms with Crippen molar-refractivity contribution in [2.75, 3.05) is 11.4 Å². The van der Waals surface area contributed by atoms with E-state index in [-0.39, 0.29) is 18.2 Å². The summed E-state index contributed by atoms with van der Waals surface area (Å²) in [6, 6.07) is 26.7. The fourth-order valence-electron chi connectivity index (χ4n) is 4.28.